The topological polar surface area (TPSA) is 55.8 Å². The Morgan fingerprint density at radius 1 is 1.29 bits per heavy atom. The molecule has 0 aliphatic heterocycles. The van der Waals surface area contributed by atoms with Gasteiger partial charge in [0, 0.05) is 20.1 Å². The summed E-state index contributed by atoms with van der Waals surface area (Å²) in [7, 11) is 1.67. The van der Waals surface area contributed by atoms with Crippen molar-refractivity contribution in [1.82, 2.24) is 0 Å². The van der Waals surface area contributed by atoms with Gasteiger partial charge >= 0.3 is 0 Å². The molecule has 0 radical (unpaired) electrons. The molecule has 1 rings (SSSR count). The standard InChI is InChI=1S/C10H14O3.C3H4O/c1-12-7-2-8-13-10-5-3-9(11)4-6-10;1-2-3-4/h3-6,11H,2,7-8H2,1H3;2-3H,1H2. The lowest BCUT2D eigenvalue weighted by Gasteiger charge is -2.04. The maximum Gasteiger partial charge on any atom is 0.142 e. The fraction of sp³-hybridized carbons (Fsp3) is 0.308. The summed E-state index contributed by atoms with van der Waals surface area (Å²) in [6, 6.07) is 6.68. The molecule has 1 aromatic carbocycles. The molecule has 0 spiro atoms. The highest BCUT2D eigenvalue weighted by Crippen LogP contribution is 2.15. The average Bonchev–Trinajstić information content (AvgIpc) is 2.37. The molecule has 0 aliphatic carbocycles. The first-order chi connectivity index (χ1) is 8.24. The lowest BCUT2D eigenvalue weighted by atomic mass is 10.3. The highest BCUT2D eigenvalue weighted by Gasteiger charge is 1.93. The average molecular weight is 238 g/mol. The second kappa shape index (κ2) is 10.7. The Bertz CT molecular complexity index is 300. The van der Waals surface area contributed by atoms with Crippen molar-refractivity contribution in [2.24, 2.45) is 0 Å². The lowest BCUT2D eigenvalue weighted by Crippen LogP contribution is -2.00. The zero-order valence-corrected chi connectivity index (χ0v) is 9.96. The molecule has 0 aromatic heterocycles. The second-order valence-corrected chi connectivity index (χ2v) is 3.06. The first-order valence-electron chi connectivity index (χ1n) is 5.21. The van der Waals surface area contributed by atoms with E-state index in [1.807, 2.05) is 0 Å². The quantitative estimate of drug-likeness (QED) is 0.469. The van der Waals surface area contributed by atoms with Crippen molar-refractivity contribution in [2.45, 2.75) is 6.42 Å². The lowest BCUT2D eigenvalue weighted by molar-refractivity contribution is -0.104. The molecule has 4 heteroatoms. The van der Waals surface area contributed by atoms with E-state index in [9.17, 15) is 0 Å². The number of allylic oxidation sites excluding steroid dienone is 1. The van der Waals surface area contributed by atoms with Crippen molar-refractivity contribution in [2.75, 3.05) is 20.3 Å². The Kier molecular flexibility index (Phi) is 9.56. The number of phenolic OH excluding ortho intramolecular Hbond substituents is 1. The first-order valence-corrected chi connectivity index (χ1v) is 5.21. The molecule has 0 heterocycles. The predicted octanol–water partition coefficient (Wildman–Crippen LogP) is 2.18. The van der Waals surface area contributed by atoms with E-state index in [1.165, 1.54) is 6.08 Å². The number of benzene rings is 1. The summed E-state index contributed by atoms with van der Waals surface area (Å²) in [6.07, 6.45) is 2.71. The largest absolute Gasteiger partial charge is 0.508 e. The van der Waals surface area contributed by atoms with E-state index in [-0.39, 0.29) is 5.75 Å². The van der Waals surface area contributed by atoms with E-state index in [2.05, 4.69) is 6.58 Å². The monoisotopic (exact) mass is 238 g/mol. The van der Waals surface area contributed by atoms with Crippen molar-refractivity contribution in [1.29, 1.82) is 0 Å². The van der Waals surface area contributed by atoms with Gasteiger partial charge in [-0.2, -0.15) is 0 Å². The van der Waals surface area contributed by atoms with Gasteiger partial charge in [0.1, 0.15) is 17.8 Å². The minimum atomic E-state index is 0.254. The van der Waals surface area contributed by atoms with Gasteiger partial charge < -0.3 is 14.6 Å². The summed E-state index contributed by atoms with van der Waals surface area (Å²) >= 11 is 0. The van der Waals surface area contributed by atoms with Gasteiger partial charge in [0.05, 0.1) is 6.61 Å². The smallest absolute Gasteiger partial charge is 0.142 e. The fourth-order valence-corrected chi connectivity index (χ4v) is 0.936. The maximum absolute atomic E-state index is 9.06. The van der Waals surface area contributed by atoms with Gasteiger partial charge in [0.15, 0.2) is 0 Å². The van der Waals surface area contributed by atoms with Crippen LogP contribution in [-0.2, 0) is 9.53 Å². The fourth-order valence-electron chi connectivity index (χ4n) is 0.936. The van der Waals surface area contributed by atoms with E-state index in [0.717, 1.165) is 12.2 Å². The molecular formula is C13H18O4. The molecule has 0 saturated carbocycles. The summed E-state index contributed by atoms with van der Waals surface area (Å²) in [5.41, 5.74) is 0. The molecule has 94 valence electrons. The van der Waals surface area contributed by atoms with Crippen LogP contribution in [0, 0.1) is 0 Å². The van der Waals surface area contributed by atoms with Crippen LogP contribution in [0.1, 0.15) is 6.42 Å². The normalized spacial score (nSPS) is 8.76. The summed E-state index contributed by atoms with van der Waals surface area (Å²) < 4.78 is 10.3. The van der Waals surface area contributed by atoms with E-state index in [0.29, 0.717) is 19.5 Å². The molecule has 17 heavy (non-hydrogen) atoms. The summed E-state index contributed by atoms with van der Waals surface area (Å²) in [6.45, 7) is 4.46. The third-order valence-corrected chi connectivity index (χ3v) is 1.69. The number of ether oxygens (including phenoxy) is 2. The van der Waals surface area contributed by atoms with Crippen LogP contribution < -0.4 is 4.74 Å². The number of rotatable bonds is 6. The molecule has 4 nitrogen and oxygen atoms in total. The van der Waals surface area contributed by atoms with E-state index >= 15 is 0 Å². The number of methoxy groups -OCH3 is 1. The van der Waals surface area contributed by atoms with Crippen molar-refractivity contribution in [3.8, 4) is 11.5 Å². The van der Waals surface area contributed by atoms with Gasteiger partial charge in [-0.25, -0.2) is 0 Å². The molecule has 0 amide bonds. The number of phenols is 1. The third-order valence-electron chi connectivity index (χ3n) is 1.69. The molecule has 0 saturated heterocycles. The third kappa shape index (κ3) is 9.14. The van der Waals surface area contributed by atoms with Gasteiger partial charge in [0.2, 0.25) is 0 Å². The molecule has 0 atom stereocenters. The van der Waals surface area contributed by atoms with Crippen molar-refractivity contribution >= 4 is 6.29 Å². The van der Waals surface area contributed by atoms with Crippen LogP contribution in [0.25, 0.3) is 0 Å². The van der Waals surface area contributed by atoms with Crippen LogP contribution in [0.3, 0.4) is 0 Å². The zero-order chi connectivity index (χ0) is 12.9. The maximum atomic E-state index is 9.06. The highest BCUT2D eigenvalue weighted by molar-refractivity contribution is 5.63. The zero-order valence-electron chi connectivity index (χ0n) is 9.96. The van der Waals surface area contributed by atoms with Gasteiger partial charge in [-0.05, 0) is 30.3 Å². The van der Waals surface area contributed by atoms with Gasteiger partial charge in [0.25, 0.3) is 0 Å². The molecule has 0 bridgehead atoms. The molecule has 0 unspecified atom stereocenters. The summed E-state index contributed by atoms with van der Waals surface area (Å²) in [5.74, 6) is 1.03. The first kappa shape index (κ1) is 15.2. The summed E-state index contributed by atoms with van der Waals surface area (Å²) in [4.78, 5) is 9.06. The number of aromatic hydroxyl groups is 1. The summed E-state index contributed by atoms with van der Waals surface area (Å²) in [5, 5.41) is 8.99. The molecule has 1 aromatic rings. The molecular weight excluding hydrogens is 220 g/mol. The Balaban J connectivity index is 0.000000557. The van der Waals surface area contributed by atoms with Gasteiger partial charge in [-0.3, -0.25) is 4.79 Å². The number of hydrogen-bond donors (Lipinski definition) is 1. The van der Waals surface area contributed by atoms with Crippen LogP contribution >= 0.6 is 0 Å². The Morgan fingerprint density at radius 3 is 2.35 bits per heavy atom. The van der Waals surface area contributed by atoms with Crippen molar-refractivity contribution in [3.05, 3.63) is 36.9 Å². The highest BCUT2D eigenvalue weighted by atomic mass is 16.5. The Hall–Kier alpha value is -1.81. The van der Waals surface area contributed by atoms with Crippen molar-refractivity contribution in [3.63, 3.8) is 0 Å². The van der Waals surface area contributed by atoms with Crippen LogP contribution in [0.15, 0.2) is 36.9 Å². The number of carbonyl (C=O) groups is 1. The van der Waals surface area contributed by atoms with E-state index in [4.69, 9.17) is 19.4 Å². The molecule has 1 N–H and O–H groups in total. The second-order valence-electron chi connectivity index (χ2n) is 3.06. The minimum absolute atomic E-state index is 0.254. The van der Waals surface area contributed by atoms with Crippen LogP contribution in [0.4, 0.5) is 0 Å². The number of aldehydes is 1. The molecule has 0 aliphatic rings. The van der Waals surface area contributed by atoms with Gasteiger partial charge in [-0.15, -0.1) is 0 Å². The van der Waals surface area contributed by atoms with E-state index < -0.39 is 0 Å². The molecule has 0 fully saturated rings. The minimum Gasteiger partial charge on any atom is -0.508 e. The predicted molar refractivity (Wildman–Crippen MR) is 66.4 cm³/mol. The Labute approximate surface area is 101 Å². The van der Waals surface area contributed by atoms with Crippen LogP contribution in [0.2, 0.25) is 0 Å². The van der Waals surface area contributed by atoms with Gasteiger partial charge in [-0.1, -0.05) is 6.58 Å². The van der Waals surface area contributed by atoms with Crippen molar-refractivity contribution < 1.29 is 19.4 Å². The van der Waals surface area contributed by atoms with Crippen LogP contribution in [0.5, 0.6) is 11.5 Å². The Morgan fingerprint density at radius 2 is 1.88 bits per heavy atom. The SMILES string of the molecule is C=CC=O.COCCCOc1ccc(O)cc1. The number of carbonyl (C=O) groups excluding carboxylic acids is 1. The van der Waals surface area contributed by atoms with Crippen LogP contribution in [-0.4, -0.2) is 31.7 Å². The number of hydrogen-bond acceptors (Lipinski definition) is 4. The van der Waals surface area contributed by atoms with E-state index in [1.54, 1.807) is 31.4 Å².